The van der Waals surface area contributed by atoms with E-state index in [2.05, 4.69) is 5.32 Å². The summed E-state index contributed by atoms with van der Waals surface area (Å²) in [5.74, 6) is -1.63. The molecule has 0 radical (unpaired) electrons. The number of aryl methyl sites for hydroxylation is 1. The number of methoxy groups -OCH3 is 1. The van der Waals surface area contributed by atoms with Crippen LogP contribution in [0.4, 0.5) is 0 Å². The Hall–Kier alpha value is -3.09. The van der Waals surface area contributed by atoms with Gasteiger partial charge in [-0.25, -0.2) is 4.79 Å². The Morgan fingerprint density at radius 1 is 1.13 bits per heavy atom. The molecule has 2 amide bonds. The zero-order valence-corrected chi connectivity index (χ0v) is 12.7. The number of nitrogens with one attached hydrogen (secondary N) is 1. The van der Waals surface area contributed by atoms with Crippen LogP contribution in [0.3, 0.4) is 0 Å². The summed E-state index contributed by atoms with van der Waals surface area (Å²) in [5, 5.41) is 2.15. The molecular weight excluding hydrogens is 300 g/mol. The zero-order chi connectivity index (χ0) is 16.8. The number of carbonyl (C=O) groups excluding carboxylic acids is 3. The van der Waals surface area contributed by atoms with Gasteiger partial charge in [-0.3, -0.25) is 14.9 Å². The highest BCUT2D eigenvalue weighted by Gasteiger charge is 2.17. The van der Waals surface area contributed by atoms with E-state index in [9.17, 15) is 14.4 Å². The van der Waals surface area contributed by atoms with Crippen molar-refractivity contribution in [1.82, 2.24) is 9.88 Å². The first-order valence-corrected chi connectivity index (χ1v) is 6.78. The predicted octanol–water partition coefficient (Wildman–Crippen LogP) is 1.15. The van der Waals surface area contributed by atoms with Gasteiger partial charge in [0.1, 0.15) is 17.0 Å². The number of amides is 2. The van der Waals surface area contributed by atoms with Gasteiger partial charge in [-0.1, -0.05) is 12.1 Å². The Kier molecular flexibility index (Phi) is 5.14. The average Bonchev–Trinajstić information content (AvgIpc) is 2.98. The third-order valence-electron chi connectivity index (χ3n) is 3.09. The van der Waals surface area contributed by atoms with Crippen LogP contribution in [0.1, 0.15) is 20.8 Å². The lowest BCUT2D eigenvalue weighted by atomic mass is 10.2. The lowest BCUT2D eigenvalue weighted by molar-refractivity contribution is -0.123. The molecule has 7 nitrogen and oxygen atoms in total. The van der Waals surface area contributed by atoms with Crippen LogP contribution in [-0.2, 0) is 16.6 Å². The molecular formula is C16H16N2O5. The molecule has 1 aromatic heterocycles. The average molecular weight is 316 g/mol. The standard InChI is InChI=1S/C16H16N2O5/c1-18-9-5-7-12(18)15(20)17-14(19)10-23-16(21)11-6-3-4-8-13(11)22-2/h3-9H,10H2,1-2H3,(H,17,19,20). The van der Waals surface area contributed by atoms with E-state index in [-0.39, 0.29) is 5.56 Å². The maximum absolute atomic E-state index is 11.9. The molecule has 0 aliphatic carbocycles. The minimum Gasteiger partial charge on any atom is -0.496 e. The van der Waals surface area contributed by atoms with Crippen molar-refractivity contribution in [2.45, 2.75) is 0 Å². The first kappa shape index (κ1) is 16.3. The number of rotatable bonds is 5. The number of imide groups is 1. The maximum Gasteiger partial charge on any atom is 0.342 e. The van der Waals surface area contributed by atoms with Crippen LogP contribution < -0.4 is 10.1 Å². The van der Waals surface area contributed by atoms with Crippen LogP contribution in [0.5, 0.6) is 5.75 Å². The Morgan fingerprint density at radius 3 is 2.52 bits per heavy atom. The molecule has 2 rings (SSSR count). The highest BCUT2D eigenvalue weighted by atomic mass is 16.5. The summed E-state index contributed by atoms with van der Waals surface area (Å²) in [6.07, 6.45) is 1.68. The molecule has 0 atom stereocenters. The number of aromatic nitrogens is 1. The Balaban J connectivity index is 1.90. The van der Waals surface area contributed by atoms with Gasteiger partial charge in [-0.2, -0.15) is 0 Å². The van der Waals surface area contributed by atoms with Crippen molar-refractivity contribution in [2.75, 3.05) is 13.7 Å². The van der Waals surface area contributed by atoms with Gasteiger partial charge in [0.05, 0.1) is 7.11 Å². The predicted molar refractivity (Wildman–Crippen MR) is 81.2 cm³/mol. The van der Waals surface area contributed by atoms with E-state index in [1.807, 2.05) is 0 Å². The molecule has 0 fully saturated rings. The summed E-state index contributed by atoms with van der Waals surface area (Å²) in [5.41, 5.74) is 0.533. The Morgan fingerprint density at radius 2 is 1.87 bits per heavy atom. The van der Waals surface area contributed by atoms with Crippen LogP contribution in [-0.4, -0.2) is 36.1 Å². The number of ether oxygens (including phenoxy) is 2. The van der Waals surface area contributed by atoms with Gasteiger partial charge in [0.25, 0.3) is 11.8 Å². The normalized spacial score (nSPS) is 10.0. The maximum atomic E-state index is 11.9. The van der Waals surface area contributed by atoms with Crippen molar-refractivity contribution in [2.24, 2.45) is 7.05 Å². The first-order chi connectivity index (χ1) is 11.0. The number of hydrogen-bond donors (Lipinski definition) is 1. The highest BCUT2D eigenvalue weighted by molar-refractivity contribution is 6.04. The largest absolute Gasteiger partial charge is 0.496 e. The third kappa shape index (κ3) is 3.97. The molecule has 0 aliphatic rings. The monoisotopic (exact) mass is 316 g/mol. The fraction of sp³-hybridized carbons (Fsp3) is 0.188. The van der Waals surface area contributed by atoms with Gasteiger partial charge >= 0.3 is 5.97 Å². The van der Waals surface area contributed by atoms with Crippen molar-refractivity contribution >= 4 is 17.8 Å². The van der Waals surface area contributed by atoms with Crippen LogP contribution in [0.2, 0.25) is 0 Å². The molecule has 7 heteroatoms. The SMILES string of the molecule is COc1ccccc1C(=O)OCC(=O)NC(=O)c1cccn1C. The second-order valence-corrected chi connectivity index (χ2v) is 4.66. The zero-order valence-electron chi connectivity index (χ0n) is 12.7. The Bertz CT molecular complexity index is 736. The van der Waals surface area contributed by atoms with Crippen molar-refractivity contribution in [3.63, 3.8) is 0 Å². The third-order valence-corrected chi connectivity index (χ3v) is 3.09. The van der Waals surface area contributed by atoms with Crippen molar-refractivity contribution < 1.29 is 23.9 Å². The van der Waals surface area contributed by atoms with Gasteiger partial charge in [0.15, 0.2) is 6.61 Å². The van der Waals surface area contributed by atoms with E-state index in [0.29, 0.717) is 11.4 Å². The van der Waals surface area contributed by atoms with E-state index in [1.54, 1.807) is 48.1 Å². The van der Waals surface area contributed by atoms with Crippen LogP contribution in [0.15, 0.2) is 42.6 Å². The van der Waals surface area contributed by atoms with Crippen LogP contribution in [0, 0.1) is 0 Å². The molecule has 0 saturated heterocycles. The summed E-state index contributed by atoms with van der Waals surface area (Å²) in [7, 11) is 3.11. The second-order valence-electron chi connectivity index (χ2n) is 4.66. The van der Waals surface area contributed by atoms with Crippen LogP contribution in [0.25, 0.3) is 0 Å². The number of nitrogens with zero attached hydrogens (tertiary/aromatic N) is 1. The molecule has 1 N–H and O–H groups in total. The van der Waals surface area contributed by atoms with Gasteiger partial charge in [-0.05, 0) is 24.3 Å². The number of benzene rings is 1. The van der Waals surface area contributed by atoms with E-state index in [0.717, 1.165) is 0 Å². The van der Waals surface area contributed by atoms with E-state index < -0.39 is 24.4 Å². The summed E-state index contributed by atoms with van der Waals surface area (Å²) < 4.78 is 11.5. The first-order valence-electron chi connectivity index (χ1n) is 6.78. The van der Waals surface area contributed by atoms with Gasteiger partial charge < -0.3 is 14.0 Å². The lowest BCUT2D eigenvalue weighted by Crippen LogP contribution is -2.35. The smallest absolute Gasteiger partial charge is 0.342 e. The van der Waals surface area contributed by atoms with E-state index in [1.165, 1.54) is 13.2 Å². The molecule has 0 saturated carbocycles. The fourth-order valence-electron chi connectivity index (χ4n) is 1.95. The fourth-order valence-corrected chi connectivity index (χ4v) is 1.95. The summed E-state index contributed by atoms with van der Waals surface area (Å²) >= 11 is 0. The topological polar surface area (TPSA) is 86.6 Å². The number of para-hydroxylation sites is 1. The van der Waals surface area contributed by atoms with Crippen molar-refractivity contribution in [1.29, 1.82) is 0 Å². The number of hydrogen-bond acceptors (Lipinski definition) is 5. The molecule has 120 valence electrons. The lowest BCUT2D eigenvalue weighted by Gasteiger charge is -2.08. The minimum absolute atomic E-state index is 0.205. The quantitative estimate of drug-likeness (QED) is 0.836. The van der Waals surface area contributed by atoms with Crippen molar-refractivity contribution in [3.8, 4) is 5.75 Å². The van der Waals surface area contributed by atoms with E-state index >= 15 is 0 Å². The molecule has 2 aromatic rings. The highest BCUT2D eigenvalue weighted by Crippen LogP contribution is 2.17. The van der Waals surface area contributed by atoms with Gasteiger partial charge in [0.2, 0.25) is 0 Å². The summed E-state index contributed by atoms with van der Waals surface area (Å²) in [6.45, 7) is -0.562. The number of carbonyl (C=O) groups is 3. The molecule has 23 heavy (non-hydrogen) atoms. The molecule has 1 aromatic carbocycles. The second kappa shape index (κ2) is 7.26. The molecule has 0 unspecified atom stereocenters. The molecule has 0 bridgehead atoms. The molecule has 0 aliphatic heterocycles. The molecule has 0 spiro atoms. The molecule has 1 heterocycles. The van der Waals surface area contributed by atoms with E-state index in [4.69, 9.17) is 9.47 Å². The minimum atomic E-state index is -0.709. The number of esters is 1. The van der Waals surface area contributed by atoms with Crippen molar-refractivity contribution in [3.05, 3.63) is 53.9 Å². The summed E-state index contributed by atoms with van der Waals surface area (Å²) in [4.78, 5) is 35.5. The van der Waals surface area contributed by atoms with Gasteiger partial charge in [-0.15, -0.1) is 0 Å². The van der Waals surface area contributed by atoms with Gasteiger partial charge in [0, 0.05) is 13.2 Å². The summed E-state index contributed by atoms with van der Waals surface area (Å²) in [6, 6.07) is 9.74. The Labute approximate surface area is 132 Å². The van der Waals surface area contributed by atoms with Crippen LogP contribution >= 0.6 is 0 Å².